The van der Waals surface area contributed by atoms with Crippen molar-refractivity contribution < 1.29 is 9.90 Å². The maximum atomic E-state index is 11.4. The second-order valence-corrected chi connectivity index (χ2v) is 6.00. The lowest BCUT2D eigenvalue weighted by Crippen LogP contribution is -2.00. The number of aromatic nitrogens is 2. The lowest BCUT2D eigenvalue weighted by molar-refractivity contribution is 0.0697. The van der Waals surface area contributed by atoms with E-state index < -0.39 is 5.97 Å². The molecule has 0 saturated heterocycles. The number of hydrogen-bond donors (Lipinski definition) is 1. The van der Waals surface area contributed by atoms with Crippen molar-refractivity contribution in [1.82, 2.24) is 9.78 Å². The first kappa shape index (κ1) is 12.9. The molecule has 3 aromatic rings. The van der Waals surface area contributed by atoms with Crippen LogP contribution >= 0.6 is 11.3 Å². The summed E-state index contributed by atoms with van der Waals surface area (Å²) in [6, 6.07) is 10.1. The van der Waals surface area contributed by atoms with Gasteiger partial charge in [0, 0.05) is 16.9 Å². The van der Waals surface area contributed by atoms with Crippen LogP contribution in [0.3, 0.4) is 0 Å². The van der Waals surface area contributed by atoms with Crippen LogP contribution in [0.15, 0.2) is 36.5 Å². The molecule has 0 fully saturated rings. The summed E-state index contributed by atoms with van der Waals surface area (Å²) in [6.07, 6.45) is 1.60. The molecule has 0 spiro atoms. The zero-order valence-electron chi connectivity index (χ0n) is 11.2. The highest BCUT2D eigenvalue weighted by Gasteiger charge is 2.19. The Bertz CT molecular complexity index is 753. The second kappa shape index (κ2) is 4.76. The third kappa shape index (κ3) is 2.10. The molecule has 102 valence electrons. The number of fused-ring (bicyclic) bond motifs is 1. The molecule has 0 radical (unpaired) electrons. The van der Waals surface area contributed by atoms with Crippen LogP contribution in [0.2, 0.25) is 0 Å². The Morgan fingerprint density at radius 3 is 2.75 bits per heavy atom. The molecule has 2 heterocycles. The van der Waals surface area contributed by atoms with E-state index in [-0.39, 0.29) is 11.6 Å². The minimum atomic E-state index is -0.940. The molecule has 0 aliphatic carbocycles. The number of carbonyl (C=O) groups is 1. The van der Waals surface area contributed by atoms with Crippen LogP contribution in [-0.2, 0) is 0 Å². The molecule has 0 bridgehead atoms. The van der Waals surface area contributed by atoms with Gasteiger partial charge < -0.3 is 5.11 Å². The Kier molecular flexibility index (Phi) is 3.06. The third-order valence-electron chi connectivity index (χ3n) is 3.15. The first-order chi connectivity index (χ1) is 9.56. The molecule has 2 aromatic heterocycles. The highest BCUT2D eigenvalue weighted by Crippen LogP contribution is 2.34. The number of hydrogen-bond acceptors (Lipinski definition) is 3. The van der Waals surface area contributed by atoms with Crippen molar-refractivity contribution in [3.8, 4) is 10.6 Å². The summed E-state index contributed by atoms with van der Waals surface area (Å²) >= 11 is 1.57. The average Bonchev–Trinajstić information content (AvgIpc) is 3.02. The van der Waals surface area contributed by atoms with Crippen molar-refractivity contribution >= 4 is 27.4 Å². The number of carboxylic acids is 1. The fraction of sp³-hybridized carbons (Fsp3) is 0.200. The molecule has 0 atom stereocenters. The molecule has 5 heteroatoms. The fourth-order valence-corrected chi connectivity index (χ4v) is 3.15. The summed E-state index contributed by atoms with van der Waals surface area (Å²) in [7, 11) is 0. The van der Waals surface area contributed by atoms with E-state index >= 15 is 0 Å². The van der Waals surface area contributed by atoms with Gasteiger partial charge in [-0.1, -0.05) is 18.2 Å². The fourth-order valence-electron chi connectivity index (χ4n) is 2.09. The van der Waals surface area contributed by atoms with Crippen LogP contribution in [0.4, 0.5) is 0 Å². The first-order valence-corrected chi connectivity index (χ1v) is 7.19. The van der Waals surface area contributed by atoms with Crippen LogP contribution in [0, 0.1) is 0 Å². The van der Waals surface area contributed by atoms with Gasteiger partial charge in [-0.3, -0.25) is 4.68 Å². The van der Waals surface area contributed by atoms with Gasteiger partial charge in [0.25, 0.3) is 0 Å². The standard InChI is InChI=1S/C15H14N2O2S/c1-9(2)17-8-11(15(18)19)14(16-17)13-7-10-5-3-4-6-12(10)20-13/h3-9H,1-2H3,(H,18,19). The van der Waals surface area contributed by atoms with Crippen molar-refractivity contribution in [3.63, 3.8) is 0 Å². The van der Waals surface area contributed by atoms with Crippen molar-refractivity contribution in [2.75, 3.05) is 0 Å². The van der Waals surface area contributed by atoms with Gasteiger partial charge >= 0.3 is 5.97 Å². The summed E-state index contributed by atoms with van der Waals surface area (Å²) in [5, 5.41) is 14.9. The lowest BCUT2D eigenvalue weighted by atomic mass is 10.2. The van der Waals surface area contributed by atoms with E-state index in [0.717, 1.165) is 15.0 Å². The van der Waals surface area contributed by atoms with E-state index in [4.69, 9.17) is 0 Å². The highest BCUT2D eigenvalue weighted by molar-refractivity contribution is 7.22. The molecule has 20 heavy (non-hydrogen) atoms. The van der Waals surface area contributed by atoms with Gasteiger partial charge in [0.15, 0.2) is 0 Å². The van der Waals surface area contributed by atoms with E-state index in [0.29, 0.717) is 5.69 Å². The van der Waals surface area contributed by atoms with Gasteiger partial charge in [-0.15, -0.1) is 11.3 Å². The number of carboxylic acid groups (broad SMARTS) is 1. The number of thiophene rings is 1. The number of aromatic carboxylic acids is 1. The Morgan fingerprint density at radius 2 is 2.10 bits per heavy atom. The minimum Gasteiger partial charge on any atom is -0.478 e. The monoisotopic (exact) mass is 286 g/mol. The van der Waals surface area contributed by atoms with Gasteiger partial charge in [0.2, 0.25) is 0 Å². The quantitative estimate of drug-likeness (QED) is 0.790. The predicted molar refractivity (Wildman–Crippen MR) is 80.4 cm³/mol. The molecule has 0 saturated carbocycles. The Labute approximate surface area is 120 Å². The minimum absolute atomic E-state index is 0.135. The molecule has 4 nitrogen and oxygen atoms in total. The van der Waals surface area contributed by atoms with E-state index in [1.807, 2.05) is 44.2 Å². The number of benzene rings is 1. The predicted octanol–water partition coefficient (Wildman–Crippen LogP) is 4.04. The van der Waals surface area contributed by atoms with E-state index in [9.17, 15) is 9.90 Å². The van der Waals surface area contributed by atoms with Gasteiger partial charge in [-0.2, -0.15) is 5.10 Å². The molecule has 0 aliphatic rings. The average molecular weight is 286 g/mol. The second-order valence-electron chi connectivity index (χ2n) is 4.92. The normalized spacial score (nSPS) is 11.3. The van der Waals surface area contributed by atoms with Crippen LogP contribution in [0.25, 0.3) is 20.7 Å². The Morgan fingerprint density at radius 1 is 1.35 bits per heavy atom. The van der Waals surface area contributed by atoms with Crippen LogP contribution in [0.1, 0.15) is 30.2 Å². The smallest absolute Gasteiger partial charge is 0.339 e. The van der Waals surface area contributed by atoms with Gasteiger partial charge in [-0.25, -0.2) is 4.79 Å². The van der Waals surface area contributed by atoms with Crippen LogP contribution in [0.5, 0.6) is 0 Å². The topological polar surface area (TPSA) is 55.1 Å². The zero-order chi connectivity index (χ0) is 14.3. The van der Waals surface area contributed by atoms with Crippen molar-refractivity contribution in [2.24, 2.45) is 0 Å². The Balaban J connectivity index is 2.19. The molecule has 0 amide bonds. The SMILES string of the molecule is CC(C)n1cc(C(=O)O)c(-c2cc3ccccc3s2)n1. The van der Waals surface area contributed by atoms with Gasteiger partial charge in [0.05, 0.1) is 4.88 Å². The summed E-state index contributed by atoms with van der Waals surface area (Å²) in [4.78, 5) is 12.3. The molecule has 0 aliphatic heterocycles. The van der Waals surface area contributed by atoms with Crippen molar-refractivity contribution in [1.29, 1.82) is 0 Å². The largest absolute Gasteiger partial charge is 0.478 e. The molecule has 0 unspecified atom stereocenters. The van der Waals surface area contributed by atoms with Crippen LogP contribution < -0.4 is 0 Å². The van der Waals surface area contributed by atoms with Crippen molar-refractivity contribution in [2.45, 2.75) is 19.9 Å². The Hall–Kier alpha value is -2.14. The molecule has 1 N–H and O–H groups in total. The number of rotatable bonds is 3. The maximum absolute atomic E-state index is 11.4. The van der Waals surface area contributed by atoms with E-state index in [1.165, 1.54) is 0 Å². The summed E-state index contributed by atoms with van der Waals surface area (Å²) < 4.78 is 2.83. The highest BCUT2D eigenvalue weighted by atomic mass is 32.1. The number of nitrogens with zero attached hydrogens (tertiary/aromatic N) is 2. The summed E-state index contributed by atoms with van der Waals surface area (Å²) in [5.74, 6) is -0.940. The molecular formula is C15H14N2O2S. The zero-order valence-corrected chi connectivity index (χ0v) is 12.0. The summed E-state index contributed by atoms with van der Waals surface area (Å²) in [5.41, 5.74) is 0.803. The first-order valence-electron chi connectivity index (χ1n) is 6.37. The van der Waals surface area contributed by atoms with Crippen LogP contribution in [-0.4, -0.2) is 20.9 Å². The third-order valence-corrected chi connectivity index (χ3v) is 4.27. The van der Waals surface area contributed by atoms with E-state index in [1.54, 1.807) is 22.2 Å². The molecular weight excluding hydrogens is 272 g/mol. The summed E-state index contributed by atoms with van der Waals surface area (Å²) in [6.45, 7) is 3.96. The molecule has 3 rings (SSSR count). The lowest BCUT2D eigenvalue weighted by Gasteiger charge is -2.02. The van der Waals surface area contributed by atoms with Crippen molar-refractivity contribution in [3.05, 3.63) is 42.1 Å². The molecule has 1 aromatic carbocycles. The van der Waals surface area contributed by atoms with E-state index in [2.05, 4.69) is 5.10 Å². The maximum Gasteiger partial charge on any atom is 0.339 e. The van der Waals surface area contributed by atoms with Gasteiger partial charge in [0.1, 0.15) is 11.3 Å². The van der Waals surface area contributed by atoms with Gasteiger partial charge in [-0.05, 0) is 31.4 Å².